The third-order valence-electron chi connectivity index (χ3n) is 1.51. The molecule has 0 aromatic rings. The molecule has 0 saturated carbocycles. The molecule has 0 rings (SSSR count). The standard InChI is InChI=1S/C6H12O7.Na.Ru.H/c7-1-2(8)3(9)4(10)5(11)6(12)13;;;/h2-5,7-11H,1H2,(H,12,13);;;/q;+1;;-1/t2-,3-,4+,5-;;;/m1.../s1. The van der Waals surface area contributed by atoms with Gasteiger partial charge in [-0.1, -0.05) is 0 Å². The number of aliphatic carboxylic acids is 1. The first-order valence-electron chi connectivity index (χ1n) is 3.47. The van der Waals surface area contributed by atoms with Gasteiger partial charge in [0, 0.05) is 19.5 Å². The average Bonchev–Trinajstić information content (AvgIpc) is 2.12. The molecule has 0 fully saturated rings. The van der Waals surface area contributed by atoms with E-state index in [-0.39, 0.29) is 50.5 Å². The molecule has 0 aliphatic heterocycles. The summed E-state index contributed by atoms with van der Waals surface area (Å²) >= 11 is 0. The van der Waals surface area contributed by atoms with Crippen LogP contribution in [0.1, 0.15) is 1.43 Å². The van der Waals surface area contributed by atoms with Crippen molar-refractivity contribution in [3.63, 3.8) is 0 Å². The average molecular weight is 321 g/mol. The Morgan fingerprint density at radius 3 is 1.80 bits per heavy atom. The predicted molar refractivity (Wildman–Crippen MR) is 39.9 cm³/mol. The minimum absolute atomic E-state index is 0. The van der Waals surface area contributed by atoms with E-state index in [0.717, 1.165) is 0 Å². The molecule has 0 aliphatic carbocycles. The number of carboxylic acids is 1. The van der Waals surface area contributed by atoms with Crippen LogP contribution < -0.4 is 29.6 Å². The Bertz CT molecular complexity index is 186. The number of carbonyl (C=O) groups is 1. The van der Waals surface area contributed by atoms with Crippen molar-refractivity contribution >= 4 is 5.97 Å². The maximum Gasteiger partial charge on any atom is 1.00 e. The second-order valence-electron chi connectivity index (χ2n) is 2.51. The zero-order chi connectivity index (χ0) is 10.6. The zero-order valence-corrected chi connectivity index (χ0v) is 11.7. The summed E-state index contributed by atoms with van der Waals surface area (Å²) < 4.78 is 0. The molecule has 9 heteroatoms. The van der Waals surface area contributed by atoms with Gasteiger partial charge in [-0.15, -0.1) is 0 Å². The van der Waals surface area contributed by atoms with E-state index in [2.05, 4.69) is 0 Å². The smallest absolute Gasteiger partial charge is 1.00 e. The van der Waals surface area contributed by atoms with Crippen LogP contribution in [0.4, 0.5) is 0 Å². The second kappa shape index (κ2) is 10.1. The van der Waals surface area contributed by atoms with Crippen molar-refractivity contribution in [3.8, 4) is 0 Å². The molecule has 0 radical (unpaired) electrons. The van der Waals surface area contributed by atoms with Gasteiger partial charge in [-0.3, -0.25) is 0 Å². The van der Waals surface area contributed by atoms with Crippen LogP contribution in [0.15, 0.2) is 0 Å². The molecule has 0 unspecified atom stereocenters. The number of carboxylic acid groups (broad SMARTS) is 1. The number of hydrogen-bond acceptors (Lipinski definition) is 6. The van der Waals surface area contributed by atoms with Gasteiger partial charge in [0.25, 0.3) is 0 Å². The van der Waals surface area contributed by atoms with Gasteiger partial charge in [0.2, 0.25) is 0 Å². The van der Waals surface area contributed by atoms with E-state index in [1.54, 1.807) is 0 Å². The summed E-state index contributed by atoms with van der Waals surface area (Å²) in [6.07, 6.45) is -7.84. The first kappa shape index (κ1) is 21.2. The zero-order valence-electron chi connectivity index (χ0n) is 8.96. The third-order valence-corrected chi connectivity index (χ3v) is 1.51. The molecule has 0 amide bonds. The molecular formula is C6H13NaO7Ru. The van der Waals surface area contributed by atoms with Gasteiger partial charge in [0.1, 0.15) is 18.3 Å². The van der Waals surface area contributed by atoms with E-state index in [1.807, 2.05) is 0 Å². The molecule has 0 heterocycles. The minimum Gasteiger partial charge on any atom is -1.00 e. The Balaban J connectivity index is -0.000000240. The summed E-state index contributed by atoms with van der Waals surface area (Å²) in [6, 6.07) is 0. The molecule has 6 N–H and O–H groups in total. The predicted octanol–water partition coefficient (Wildman–Crippen LogP) is -6.38. The number of aliphatic hydroxyl groups excluding tert-OH is 5. The van der Waals surface area contributed by atoms with Crippen LogP contribution in [0.2, 0.25) is 0 Å². The fourth-order valence-corrected chi connectivity index (χ4v) is 0.668. The van der Waals surface area contributed by atoms with Crippen LogP contribution in [-0.2, 0) is 24.3 Å². The number of rotatable bonds is 5. The number of aliphatic hydroxyl groups is 5. The molecule has 0 spiro atoms. The van der Waals surface area contributed by atoms with Gasteiger partial charge >= 0.3 is 35.5 Å². The number of hydrogen-bond donors (Lipinski definition) is 6. The van der Waals surface area contributed by atoms with Crippen molar-refractivity contribution < 1.29 is 85.9 Å². The molecule has 4 atom stereocenters. The summed E-state index contributed by atoms with van der Waals surface area (Å²) in [5.74, 6) is -1.73. The molecule has 0 bridgehead atoms. The van der Waals surface area contributed by atoms with E-state index in [1.165, 1.54) is 0 Å². The van der Waals surface area contributed by atoms with Crippen LogP contribution in [0.25, 0.3) is 0 Å². The molecule has 0 aromatic heterocycles. The van der Waals surface area contributed by atoms with E-state index in [0.29, 0.717) is 0 Å². The van der Waals surface area contributed by atoms with Crippen molar-refractivity contribution in [2.24, 2.45) is 0 Å². The van der Waals surface area contributed by atoms with Crippen molar-refractivity contribution in [1.29, 1.82) is 0 Å². The molecule has 0 aliphatic rings. The largest absolute Gasteiger partial charge is 1.00 e. The maximum atomic E-state index is 10.1. The molecule has 88 valence electrons. The molecule has 7 nitrogen and oxygen atoms in total. The normalized spacial score (nSPS) is 17.7. The van der Waals surface area contributed by atoms with Crippen LogP contribution in [-0.4, -0.2) is 67.6 Å². The Kier molecular flexibility index (Phi) is 14.2. The molecule has 15 heavy (non-hydrogen) atoms. The SMILES string of the molecule is O=C(O)[C@H](O)[C@@H](O)[C@H](O)[C@H](O)CO.[H-].[Na+].[Ru]. The Morgan fingerprint density at radius 2 is 1.53 bits per heavy atom. The quantitative estimate of drug-likeness (QED) is 0.277. The Labute approximate surface area is 122 Å². The van der Waals surface area contributed by atoms with Crippen LogP contribution >= 0.6 is 0 Å². The van der Waals surface area contributed by atoms with Gasteiger partial charge in [0.15, 0.2) is 6.10 Å². The van der Waals surface area contributed by atoms with Crippen LogP contribution in [0.3, 0.4) is 0 Å². The summed E-state index contributed by atoms with van der Waals surface area (Å²) in [5.41, 5.74) is 0. The van der Waals surface area contributed by atoms with E-state index < -0.39 is 37.0 Å². The van der Waals surface area contributed by atoms with Crippen molar-refractivity contribution in [1.82, 2.24) is 0 Å². The fraction of sp³-hybridized carbons (Fsp3) is 0.833. The van der Waals surface area contributed by atoms with Crippen LogP contribution in [0, 0.1) is 0 Å². The Hall–Kier alpha value is 0.893. The van der Waals surface area contributed by atoms with Crippen molar-refractivity contribution in [3.05, 3.63) is 0 Å². The van der Waals surface area contributed by atoms with Crippen molar-refractivity contribution in [2.75, 3.05) is 6.61 Å². The first-order valence-corrected chi connectivity index (χ1v) is 3.47. The van der Waals surface area contributed by atoms with E-state index in [4.69, 9.17) is 30.6 Å². The maximum absolute atomic E-state index is 10.1. The minimum atomic E-state index is -2.20. The molecule has 0 aromatic carbocycles. The summed E-state index contributed by atoms with van der Waals surface area (Å²) in [5, 5.41) is 51.8. The monoisotopic (exact) mass is 322 g/mol. The summed E-state index contributed by atoms with van der Waals surface area (Å²) in [4.78, 5) is 10.1. The van der Waals surface area contributed by atoms with Gasteiger partial charge in [-0.2, -0.15) is 0 Å². The second-order valence-corrected chi connectivity index (χ2v) is 2.51. The van der Waals surface area contributed by atoms with Crippen molar-refractivity contribution in [2.45, 2.75) is 24.4 Å². The third kappa shape index (κ3) is 6.94. The fourth-order valence-electron chi connectivity index (χ4n) is 0.668. The van der Waals surface area contributed by atoms with Gasteiger partial charge in [0.05, 0.1) is 6.61 Å². The van der Waals surface area contributed by atoms with Gasteiger partial charge < -0.3 is 32.1 Å². The topological polar surface area (TPSA) is 138 Å². The van der Waals surface area contributed by atoms with Gasteiger partial charge in [-0.05, 0) is 0 Å². The summed E-state index contributed by atoms with van der Waals surface area (Å²) in [7, 11) is 0. The van der Waals surface area contributed by atoms with E-state index >= 15 is 0 Å². The summed E-state index contributed by atoms with van der Waals surface area (Å²) in [6.45, 7) is -0.843. The molecular weight excluding hydrogens is 308 g/mol. The molecule has 0 saturated heterocycles. The first-order chi connectivity index (χ1) is 5.91. The van der Waals surface area contributed by atoms with E-state index in [9.17, 15) is 4.79 Å². The van der Waals surface area contributed by atoms with Crippen LogP contribution in [0.5, 0.6) is 0 Å². The Morgan fingerprint density at radius 1 is 1.13 bits per heavy atom. The van der Waals surface area contributed by atoms with Gasteiger partial charge in [-0.25, -0.2) is 4.79 Å².